The van der Waals surface area contributed by atoms with Crippen molar-refractivity contribution in [2.75, 3.05) is 19.0 Å². The minimum absolute atomic E-state index is 0.569. The number of anilines is 1. The van der Waals surface area contributed by atoms with Gasteiger partial charge in [0.2, 0.25) is 0 Å². The van der Waals surface area contributed by atoms with E-state index in [1.807, 2.05) is 0 Å². The molecule has 0 aliphatic heterocycles. The van der Waals surface area contributed by atoms with Gasteiger partial charge in [-0.15, -0.1) is 0 Å². The summed E-state index contributed by atoms with van der Waals surface area (Å²) < 4.78 is 5.03. The number of rotatable bonds is 5. The Bertz CT molecular complexity index is 479. The summed E-state index contributed by atoms with van der Waals surface area (Å²) in [6.45, 7) is 0.569. The van der Waals surface area contributed by atoms with Gasteiger partial charge >= 0.3 is 11.8 Å². The Hall–Kier alpha value is -2.04. The van der Waals surface area contributed by atoms with Crippen LogP contribution >= 0.6 is 0 Å². The van der Waals surface area contributed by atoms with E-state index >= 15 is 0 Å². The van der Waals surface area contributed by atoms with Crippen LogP contribution in [0.4, 0.5) is 5.69 Å². The Morgan fingerprint density at radius 2 is 1.81 bits per heavy atom. The second-order valence-electron chi connectivity index (χ2n) is 5.38. The first-order valence-corrected chi connectivity index (χ1v) is 7.42. The molecular formula is C16H22N2O3. The number of carbonyl (C=O) groups is 2. The number of ether oxygens (including phenoxy) is 1. The maximum atomic E-state index is 11.7. The highest BCUT2D eigenvalue weighted by Crippen LogP contribution is 2.26. The highest BCUT2D eigenvalue weighted by molar-refractivity contribution is 6.39. The van der Waals surface area contributed by atoms with Crippen LogP contribution in [0.15, 0.2) is 24.3 Å². The molecule has 0 radical (unpaired) electrons. The molecule has 0 aromatic heterocycles. The normalized spacial score (nSPS) is 14.7. The minimum atomic E-state index is -0.633. The van der Waals surface area contributed by atoms with E-state index in [2.05, 4.69) is 10.6 Å². The molecule has 0 spiro atoms. The third-order valence-corrected chi connectivity index (χ3v) is 3.87. The minimum Gasteiger partial charge on any atom is -0.497 e. The Labute approximate surface area is 125 Å². The van der Waals surface area contributed by atoms with E-state index < -0.39 is 11.8 Å². The van der Waals surface area contributed by atoms with E-state index in [1.54, 1.807) is 31.4 Å². The first-order chi connectivity index (χ1) is 10.2. The molecule has 2 amide bonds. The highest BCUT2D eigenvalue weighted by Gasteiger charge is 2.17. The van der Waals surface area contributed by atoms with E-state index in [0.29, 0.717) is 23.9 Å². The van der Waals surface area contributed by atoms with Crippen LogP contribution in [0, 0.1) is 5.92 Å². The third kappa shape index (κ3) is 4.77. The lowest BCUT2D eigenvalue weighted by atomic mass is 10.0. The number of amides is 2. The molecule has 0 heterocycles. The second-order valence-corrected chi connectivity index (χ2v) is 5.38. The van der Waals surface area contributed by atoms with Crippen molar-refractivity contribution < 1.29 is 14.3 Å². The van der Waals surface area contributed by atoms with Crippen LogP contribution in [-0.4, -0.2) is 25.5 Å². The number of nitrogens with one attached hydrogen (secondary N) is 2. The van der Waals surface area contributed by atoms with Crippen molar-refractivity contribution in [3.8, 4) is 5.75 Å². The Morgan fingerprint density at radius 1 is 1.14 bits per heavy atom. The number of benzene rings is 1. The zero-order valence-corrected chi connectivity index (χ0v) is 12.4. The smallest absolute Gasteiger partial charge is 0.313 e. The van der Waals surface area contributed by atoms with Gasteiger partial charge in [0.15, 0.2) is 0 Å². The molecule has 0 unspecified atom stereocenters. The summed E-state index contributed by atoms with van der Waals surface area (Å²) in [6, 6.07) is 6.85. The van der Waals surface area contributed by atoms with Crippen LogP contribution in [0.5, 0.6) is 5.75 Å². The quantitative estimate of drug-likeness (QED) is 0.818. The van der Waals surface area contributed by atoms with Gasteiger partial charge in [0.05, 0.1) is 7.11 Å². The van der Waals surface area contributed by atoms with Crippen molar-refractivity contribution in [3.63, 3.8) is 0 Å². The summed E-state index contributed by atoms with van der Waals surface area (Å²) in [6.07, 6.45) is 6.02. The number of carbonyl (C=O) groups excluding carboxylic acids is 2. The number of hydrogen-bond donors (Lipinski definition) is 2. The van der Waals surface area contributed by atoms with E-state index in [0.717, 1.165) is 6.42 Å². The lowest BCUT2D eigenvalue weighted by molar-refractivity contribution is -0.136. The van der Waals surface area contributed by atoms with E-state index in [9.17, 15) is 9.59 Å². The molecule has 1 aromatic carbocycles. The van der Waals surface area contributed by atoms with Crippen LogP contribution in [0.2, 0.25) is 0 Å². The SMILES string of the molecule is COc1ccc(NC(=O)C(=O)NCCC2CCCC2)cc1. The van der Waals surface area contributed by atoms with Gasteiger partial charge < -0.3 is 15.4 Å². The Balaban J connectivity index is 1.72. The zero-order chi connectivity index (χ0) is 15.1. The molecule has 114 valence electrons. The molecule has 1 aromatic rings. The lowest BCUT2D eigenvalue weighted by Gasteiger charge is -2.10. The third-order valence-electron chi connectivity index (χ3n) is 3.87. The van der Waals surface area contributed by atoms with E-state index in [1.165, 1.54) is 25.7 Å². The van der Waals surface area contributed by atoms with Crippen LogP contribution in [0.25, 0.3) is 0 Å². The fraction of sp³-hybridized carbons (Fsp3) is 0.500. The summed E-state index contributed by atoms with van der Waals surface area (Å²) in [7, 11) is 1.57. The molecule has 2 N–H and O–H groups in total. The summed E-state index contributed by atoms with van der Waals surface area (Å²) in [4.78, 5) is 23.4. The average Bonchev–Trinajstić information content (AvgIpc) is 3.01. The van der Waals surface area contributed by atoms with Crippen LogP contribution < -0.4 is 15.4 Å². The fourth-order valence-electron chi connectivity index (χ4n) is 2.63. The van der Waals surface area contributed by atoms with Crippen LogP contribution in [0.3, 0.4) is 0 Å². The van der Waals surface area contributed by atoms with Crippen molar-refractivity contribution in [2.45, 2.75) is 32.1 Å². The van der Waals surface area contributed by atoms with Gasteiger partial charge in [-0.25, -0.2) is 0 Å². The van der Waals surface area contributed by atoms with Crippen LogP contribution in [-0.2, 0) is 9.59 Å². The monoisotopic (exact) mass is 290 g/mol. The Morgan fingerprint density at radius 3 is 2.43 bits per heavy atom. The molecule has 21 heavy (non-hydrogen) atoms. The summed E-state index contributed by atoms with van der Waals surface area (Å²) >= 11 is 0. The van der Waals surface area contributed by atoms with Gasteiger partial charge in [-0.3, -0.25) is 9.59 Å². The molecule has 1 aliphatic carbocycles. The van der Waals surface area contributed by atoms with Gasteiger partial charge in [0.25, 0.3) is 0 Å². The maximum absolute atomic E-state index is 11.7. The number of hydrogen-bond acceptors (Lipinski definition) is 3. The first-order valence-electron chi connectivity index (χ1n) is 7.42. The predicted molar refractivity (Wildman–Crippen MR) is 81.2 cm³/mol. The second kappa shape index (κ2) is 7.67. The molecule has 0 bridgehead atoms. The Kier molecular flexibility index (Phi) is 5.60. The predicted octanol–water partition coefficient (Wildman–Crippen LogP) is 2.33. The molecule has 5 heteroatoms. The zero-order valence-electron chi connectivity index (χ0n) is 12.4. The molecule has 0 atom stereocenters. The highest BCUT2D eigenvalue weighted by atomic mass is 16.5. The molecule has 2 rings (SSSR count). The molecule has 1 saturated carbocycles. The topological polar surface area (TPSA) is 67.4 Å². The van der Waals surface area contributed by atoms with Gasteiger partial charge in [-0.05, 0) is 36.6 Å². The van der Waals surface area contributed by atoms with Crippen molar-refractivity contribution in [1.82, 2.24) is 5.32 Å². The van der Waals surface area contributed by atoms with Crippen molar-refractivity contribution in [2.24, 2.45) is 5.92 Å². The van der Waals surface area contributed by atoms with Gasteiger partial charge in [-0.1, -0.05) is 25.7 Å². The van der Waals surface area contributed by atoms with Crippen LogP contribution in [0.1, 0.15) is 32.1 Å². The van der Waals surface area contributed by atoms with Crippen molar-refractivity contribution in [3.05, 3.63) is 24.3 Å². The first kappa shape index (κ1) is 15.4. The summed E-state index contributed by atoms with van der Waals surface area (Å²) in [5.41, 5.74) is 0.576. The molecule has 0 saturated heterocycles. The van der Waals surface area contributed by atoms with Crippen molar-refractivity contribution in [1.29, 1.82) is 0 Å². The van der Waals surface area contributed by atoms with Gasteiger partial charge in [-0.2, -0.15) is 0 Å². The average molecular weight is 290 g/mol. The standard InChI is InChI=1S/C16H22N2O3/c1-21-14-8-6-13(7-9-14)18-16(20)15(19)17-11-10-12-4-2-3-5-12/h6-9,12H,2-5,10-11H2,1H3,(H,17,19)(H,18,20). The molecular weight excluding hydrogens is 268 g/mol. The number of methoxy groups -OCH3 is 1. The summed E-state index contributed by atoms with van der Waals surface area (Å²) in [5.74, 6) is 0.194. The fourth-order valence-corrected chi connectivity index (χ4v) is 2.63. The largest absolute Gasteiger partial charge is 0.497 e. The summed E-state index contributed by atoms with van der Waals surface area (Å²) in [5, 5.41) is 5.24. The van der Waals surface area contributed by atoms with E-state index in [-0.39, 0.29) is 0 Å². The molecule has 1 aliphatic rings. The molecule has 5 nitrogen and oxygen atoms in total. The molecule has 1 fully saturated rings. The lowest BCUT2D eigenvalue weighted by Crippen LogP contribution is -2.36. The maximum Gasteiger partial charge on any atom is 0.313 e. The van der Waals surface area contributed by atoms with Crippen molar-refractivity contribution >= 4 is 17.5 Å². The van der Waals surface area contributed by atoms with Gasteiger partial charge in [0.1, 0.15) is 5.75 Å². The van der Waals surface area contributed by atoms with E-state index in [4.69, 9.17) is 4.74 Å². The van der Waals surface area contributed by atoms with Gasteiger partial charge in [0, 0.05) is 12.2 Å².